The molecule has 216 valence electrons. The van der Waals surface area contributed by atoms with Gasteiger partial charge in [0.25, 0.3) is 5.92 Å². The third kappa shape index (κ3) is 6.10. The van der Waals surface area contributed by atoms with E-state index >= 15 is 4.39 Å². The molecular formula is C28H35F3N5O3P. The fraction of sp³-hybridized carbons (Fsp3) is 0.464. The van der Waals surface area contributed by atoms with Crippen LogP contribution in [0.1, 0.15) is 36.8 Å². The van der Waals surface area contributed by atoms with Gasteiger partial charge in [-0.3, -0.25) is 4.79 Å². The quantitative estimate of drug-likeness (QED) is 0.386. The van der Waals surface area contributed by atoms with Crippen LogP contribution in [0.2, 0.25) is 0 Å². The average Bonchev–Trinajstić information content (AvgIpc) is 2.87. The number of aryl methyl sites for hydroxylation is 1. The lowest BCUT2D eigenvalue weighted by Crippen LogP contribution is -2.44. The summed E-state index contributed by atoms with van der Waals surface area (Å²) in [5.74, 6) is -3.09. The van der Waals surface area contributed by atoms with Crippen LogP contribution in [-0.2, 0) is 15.3 Å². The number of nitrogens with one attached hydrogen (secondary N) is 1. The summed E-state index contributed by atoms with van der Waals surface area (Å²) in [7, 11) is 2.20. The number of fused-ring (bicyclic) bond motifs is 1. The van der Waals surface area contributed by atoms with Gasteiger partial charge in [-0.05, 0) is 34.0 Å². The second kappa shape index (κ2) is 11.4. The minimum atomic E-state index is -3.33. The molecular weight excluding hydrogens is 542 g/mol. The molecule has 1 fully saturated rings. The van der Waals surface area contributed by atoms with Gasteiger partial charge in [0.1, 0.15) is 30.4 Å². The van der Waals surface area contributed by atoms with Crippen molar-refractivity contribution in [2.75, 3.05) is 58.5 Å². The van der Waals surface area contributed by atoms with Crippen LogP contribution in [0.15, 0.2) is 30.3 Å². The summed E-state index contributed by atoms with van der Waals surface area (Å²) in [4.78, 5) is 25.1. The van der Waals surface area contributed by atoms with Gasteiger partial charge in [0.05, 0.1) is 36.1 Å². The largest absolute Gasteiger partial charge is 0.496 e. The van der Waals surface area contributed by atoms with Crippen LogP contribution in [0, 0.1) is 12.7 Å². The second-order valence-corrected chi connectivity index (χ2v) is 13.7. The highest BCUT2D eigenvalue weighted by molar-refractivity contribution is 7.72. The highest BCUT2D eigenvalue weighted by Gasteiger charge is 2.35. The number of benzene rings is 2. The van der Waals surface area contributed by atoms with Gasteiger partial charge in [-0.1, -0.05) is 18.2 Å². The van der Waals surface area contributed by atoms with Gasteiger partial charge in [0, 0.05) is 49.4 Å². The van der Waals surface area contributed by atoms with E-state index in [4.69, 9.17) is 4.74 Å². The Kier molecular flexibility index (Phi) is 8.47. The molecule has 0 spiro atoms. The first-order valence-corrected chi connectivity index (χ1v) is 15.1. The molecule has 0 unspecified atom stereocenters. The van der Waals surface area contributed by atoms with Crippen LogP contribution >= 0.6 is 7.14 Å². The van der Waals surface area contributed by atoms with Gasteiger partial charge in [0.2, 0.25) is 5.91 Å². The fourth-order valence-corrected chi connectivity index (χ4v) is 7.76. The SMILES string of the molecule is COc1cc2nc(C)nc(N[C@H](C)c3cccc(C(C)(F)F)c3F)c2cc1P1(=O)CCN(C(=O)CN(C)C)CC1. The number of carbonyl (C=O) groups excluding carboxylic acids is 1. The number of anilines is 1. The highest BCUT2D eigenvalue weighted by atomic mass is 31.2. The van der Waals surface area contributed by atoms with Gasteiger partial charge in [-0.25, -0.2) is 23.1 Å². The number of hydrogen-bond donors (Lipinski definition) is 1. The highest BCUT2D eigenvalue weighted by Crippen LogP contribution is 2.49. The maximum atomic E-state index is 15.1. The van der Waals surface area contributed by atoms with Gasteiger partial charge >= 0.3 is 0 Å². The van der Waals surface area contributed by atoms with Crippen molar-refractivity contribution in [2.45, 2.75) is 32.7 Å². The van der Waals surface area contributed by atoms with Crippen molar-refractivity contribution in [3.8, 4) is 5.75 Å². The molecule has 1 saturated heterocycles. The van der Waals surface area contributed by atoms with Crippen molar-refractivity contribution >= 4 is 35.1 Å². The number of aromatic nitrogens is 2. The van der Waals surface area contributed by atoms with Gasteiger partial charge in [-0.15, -0.1) is 0 Å². The summed E-state index contributed by atoms with van der Waals surface area (Å²) in [5, 5.41) is 4.24. The second-order valence-electron chi connectivity index (χ2n) is 10.6. The third-order valence-corrected chi connectivity index (χ3v) is 10.2. The molecule has 1 aromatic heterocycles. The van der Waals surface area contributed by atoms with Crippen LogP contribution in [0.4, 0.5) is 19.0 Å². The Morgan fingerprint density at radius 1 is 1.23 bits per heavy atom. The van der Waals surface area contributed by atoms with Crippen LogP contribution in [0.25, 0.3) is 10.9 Å². The zero-order chi connectivity index (χ0) is 29.4. The molecule has 2 heterocycles. The summed E-state index contributed by atoms with van der Waals surface area (Å²) < 4.78 is 62.9. The van der Waals surface area contributed by atoms with E-state index in [-0.39, 0.29) is 18.0 Å². The average molecular weight is 578 g/mol. The van der Waals surface area contributed by atoms with Crippen LogP contribution in [-0.4, -0.2) is 78.8 Å². The summed E-state index contributed by atoms with van der Waals surface area (Å²) >= 11 is 0. The van der Waals surface area contributed by atoms with Crippen molar-refractivity contribution in [1.29, 1.82) is 0 Å². The van der Waals surface area contributed by atoms with E-state index in [0.717, 1.165) is 6.07 Å². The molecule has 1 atom stereocenters. The Morgan fingerprint density at radius 2 is 1.90 bits per heavy atom. The van der Waals surface area contributed by atoms with Crippen molar-refractivity contribution in [3.63, 3.8) is 0 Å². The summed E-state index contributed by atoms with van der Waals surface area (Å²) in [6.07, 6.45) is 0.617. The molecule has 1 amide bonds. The van der Waals surface area contributed by atoms with E-state index in [1.807, 2.05) is 14.1 Å². The first kappa shape index (κ1) is 29.8. The molecule has 0 bridgehead atoms. The molecule has 0 radical (unpaired) electrons. The van der Waals surface area contributed by atoms with Crippen LogP contribution in [0.3, 0.4) is 0 Å². The van der Waals surface area contributed by atoms with E-state index in [2.05, 4.69) is 15.3 Å². The van der Waals surface area contributed by atoms with Gasteiger partial charge < -0.3 is 24.4 Å². The summed E-state index contributed by atoms with van der Waals surface area (Å²) in [6, 6.07) is 6.66. The summed E-state index contributed by atoms with van der Waals surface area (Å²) in [6.45, 7) is 5.05. The van der Waals surface area contributed by atoms with Gasteiger partial charge in [0.15, 0.2) is 0 Å². The van der Waals surface area contributed by atoms with Crippen molar-refractivity contribution in [2.24, 2.45) is 0 Å². The molecule has 0 aliphatic carbocycles. The number of alkyl halides is 2. The van der Waals surface area contributed by atoms with Crippen molar-refractivity contribution in [3.05, 3.63) is 53.1 Å². The number of nitrogens with zero attached hydrogens (tertiary/aromatic N) is 4. The predicted molar refractivity (Wildman–Crippen MR) is 151 cm³/mol. The number of hydrogen-bond acceptors (Lipinski definition) is 7. The normalized spacial score (nSPS) is 16.3. The van der Waals surface area contributed by atoms with Crippen LogP contribution < -0.4 is 15.4 Å². The van der Waals surface area contributed by atoms with E-state index in [1.165, 1.54) is 19.2 Å². The molecule has 4 rings (SSSR count). The van der Waals surface area contributed by atoms with Crippen molar-refractivity contribution < 1.29 is 27.3 Å². The molecule has 2 aromatic carbocycles. The van der Waals surface area contributed by atoms with Crippen LogP contribution in [0.5, 0.6) is 5.75 Å². The smallest absolute Gasteiger partial charge is 0.273 e. The lowest BCUT2D eigenvalue weighted by molar-refractivity contribution is -0.131. The molecule has 0 saturated carbocycles. The molecule has 3 aromatic rings. The maximum absolute atomic E-state index is 15.1. The number of rotatable bonds is 8. The monoisotopic (exact) mass is 577 g/mol. The Labute approximate surface area is 232 Å². The molecule has 8 nitrogen and oxygen atoms in total. The van der Waals surface area contributed by atoms with Crippen molar-refractivity contribution in [1.82, 2.24) is 19.8 Å². The number of ether oxygens (including phenoxy) is 1. The molecule has 40 heavy (non-hydrogen) atoms. The number of amides is 1. The summed E-state index contributed by atoms with van der Waals surface area (Å²) in [5.41, 5.74) is -0.0776. The molecule has 1 N–H and O–H groups in total. The fourth-order valence-electron chi connectivity index (χ4n) is 5.01. The number of methoxy groups -OCH3 is 1. The Bertz CT molecular complexity index is 1470. The Hall–Kier alpha value is -3.17. The van der Waals surface area contributed by atoms with E-state index in [0.29, 0.717) is 65.9 Å². The third-order valence-electron chi connectivity index (χ3n) is 7.13. The minimum absolute atomic E-state index is 0.0109. The predicted octanol–water partition coefficient (Wildman–Crippen LogP) is 4.76. The number of likely N-dealkylation sites (N-methyl/N-ethyl adjacent to an activating group) is 1. The van der Waals surface area contributed by atoms with E-state index in [9.17, 15) is 18.1 Å². The number of carbonyl (C=O) groups is 1. The first-order valence-electron chi connectivity index (χ1n) is 13.0. The van der Waals surface area contributed by atoms with Gasteiger partial charge in [-0.2, -0.15) is 0 Å². The standard InChI is InChI=1S/C28H35F3N5O3P/c1-17(19-8-7-9-21(26(19)29)28(3,30)31)32-27-20-14-24(23(39-6)15-22(20)33-18(2)34-27)40(38)12-10-36(11-13-40)25(37)16-35(4)5/h7-9,14-15,17H,10-13,16H2,1-6H3,(H,32,33,34)/t17-/m1/s1. The lowest BCUT2D eigenvalue weighted by atomic mass is 10.0. The van der Waals surface area contributed by atoms with E-state index < -0.39 is 30.5 Å². The zero-order valence-corrected chi connectivity index (χ0v) is 24.5. The molecule has 1 aliphatic heterocycles. The zero-order valence-electron chi connectivity index (χ0n) is 23.6. The Morgan fingerprint density at radius 3 is 2.50 bits per heavy atom. The number of halogens is 3. The first-order chi connectivity index (χ1) is 18.7. The molecule has 1 aliphatic rings. The molecule has 12 heteroatoms. The Balaban J connectivity index is 1.71. The minimum Gasteiger partial charge on any atom is -0.496 e. The lowest BCUT2D eigenvalue weighted by Gasteiger charge is -2.33. The van der Waals surface area contributed by atoms with E-state index in [1.54, 1.807) is 35.8 Å². The maximum Gasteiger partial charge on any atom is 0.273 e. The topological polar surface area (TPSA) is 87.7 Å².